The molecule has 3 aromatic carbocycles. The van der Waals surface area contributed by atoms with Gasteiger partial charge in [0.2, 0.25) is 5.13 Å². The van der Waals surface area contributed by atoms with Crippen LogP contribution in [0.3, 0.4) is 0 Å². The van der Waals surface area contributed by atoms with Crippen LogP contribution in [0.2, 0.25) is 0 Å². The zero-order valence-corrected chi connectivity index (χ0v) is 16.9. The Bertz CT molecular complexity index is 1430. The van der Waals surface area contributed by atoms with Crippen molar-refractivity contribution >= 4 is 33.5 Å². The van der Waals surface area contributed by atoms with Crippen molar-refractivity contribution in [2.45, 2.75) is 6.92 Å². The summed E-state index contributed by atoms with van der Waals surface area (Å²) in [6.07, 6.45) is 0. The number of aromatic amines is 1. The van der Waals surface area contributed by atoms with E-state index in [1.165, 1.54) is 16.0 Å². The summed E-state index contributed by atoms with van der Waals surface area (Å²) in [5.74, 6) is 0. The number of fused-ring (bicyclic) bond motifs is 1. The van der Waals surface area contributed by atoms with E-state index >= 15 is 0 Å². The molecule has 0 saturated carbocycles. The summed E-state index contributed by atoms with van der Waals surface area (Å²) in [5, 5.41) is 16.3. The van der Waals surface area contributed by atoms with Crippen molar-refractivity contribution in [3.63, 3.8) is 0 Å². The van der Waals surface area contributed by atoms with Crippen LogP contribution < -0.4 is 5.56 Å². The lowest BCUT2D eigenvalue weighted by atomic mass is 10.1. The molecule has 5 rings (SSSR count). The fourth-order valence-corrected chi connectivity index (χ4v) is 4.04. The average molecular weight is 411 g/mol. The number of hydrogen-bond donors (Lipinski definition) is 1. The Morgan fingerprint density at radius 3 is 2.53 bits per heavy atom. The quantitative estimate of drug-likeness (QED) is 0.359. The number of azo groups is 1. The second-order valence-corrected chi connectivity index (χ2v) is 7.68. The molecule has 6 nitrogen and oxygen atoms in total. The molecule has 0 atom stereocenters. The molecule has 30 heavy (non-hydrogen) atoms. The Balaban J connectivity index is 1.47. The maximum atomic E-state index is 12.9. The molecule has 2 aromatic heterocycles. The van der Waals surface area contributed by atoms with Crippen molar-refractivity contribution in [3.05, 3.63) is 94.2 Å². The Hall–Kier alpha value is -3.84. The van der Waals surface area contributed by atoms with Gasteiger partial charge in [-0.3, -0.25) is 9.89 Å². The molecule has 0 amide bonds. The lowest BCUT2D eigenvalue weighted by molar-refractivity contribution is 0.827. The van der Waals surface area contributed by atoms with E-state index in [4.69, 9.17) is 0 Å². The molecule has 7 heteroatoms. The summed E-state index contributed by atoms with van der Waals surface area (Å²) in [7, 11) is 0. The molecule has 0 bridgehead atoms. The van der Waals surface area contributed by atoms with E-state index in [-0.39, 0.29) is 11.2 Å². The van der Waals surface area contributed by atoms with E-state index in [9.17, 15) is 4.79 Å². The van der Waals surface area contributed by atoms with Crippen LogP contribution in [0.4, 0.5) is 11.4 Å². The number of aryl methyl sites for hydroxylation is 1. The Kier molecular flexibility index (Phi) is 4.57. The molecule has 0 aliphatic heterocycles. The fourth-order valence-electron chi connectivity index (χ4n) is 3.25. The van der Waals surface area contributed by atoms with Crippen LogP contribution in [-0.2, 0) is 0 Å². The minimum Gasteiger partial charge on any atom is -0.291 e. The summed E-state index contributed by atoms with van der Waals surface area (Å²) in [6, 6.07) is 23.7. The minimum absolute atomic E-state index is 0.272. The summed E-state index contributed by atoms with van der Waals surface area (Å²) in [4.78, 5) is 17.5. The molecule has 0 unspecified atom stereocenters. The smallest absolute Gasteiger partial charge is 0.291 e. The van der Waals surface area contributed by atoms with Crippen molar-refractivity contribution < 1.29 is 0 Å². The molecule has 146 valence electrons. The highest BCUT2D eigenvalue weighted by molar-refractivity contribution is 7.12. The Morgan fingerprint density at radius 1 is 0.933 bits per heavy atom. The summed E-state index contributed by atoms with van der Waals surface area (Å²) >= 11 is 1.40. The molecule has 1 N–H and O–H groups in total. The topological polar surface area (TPSA) is 75.4 Å². The molecule has 0 radical (unpaired) electrons. The zero-order valence-electron chi connectivity index (χ0n) is 16.1. The van der Waals surface area contributed by atoms with E-state index in [1.54, 1.807) is 6.92 Å². The maximum Gasteiger partial charge on any atom is 0.301 e. The van der Waals surface area contributed by atoms with Crippen LogP contribution in [0, 0.1) is 6.92 Å². The van der Waals surface area contributed by atoms with Gasteiger partial charge in [-0.2, -0.15) is 9.80 Å². The van der Waals surface area contributed by atoms with E-state index in [2.05, 4.69) is 20.3 Å². The number of rotatable bonds is 4. The number of nitrogens with one attached hydrogen (secondary N) is 1. The molecule has 2 heterocycles. The molecule has 0 aliphatic rings. The van der Waals surface area contributed by atoms with Crippen molar-refractivity contribution in [3.8, 4) is 16.4 Å². The van der Waals surface area contributed by atoms with Crippen LogP contribution in [0.25, 0.3) is 27.2 Å². The van der Waals surface area contributed by atoms with Crippen LogP contribution in [0.5, 0.6) is 0 Å². The first-order chi connectivity index (χ1) is 14.7. The van der Waals surface area contributed by atoms with Gasteiger partial charge in [-0.25, -0.2) is 4.98 Å². The van der Waals surface area contributed by atoms with Gasteiger partial charge in [-0.15, -0.1) is 16.5 Å². The minimum atomic E-state index is -0.272. The summed E-state index contributed by atoms with van der Waals surface area (Å²) < 4.78 is 1.42. The van der Waals surface area contributed by atoms with E-state index in [1.807, 2.05) is 78.2 Å². The normalized spacial score (nSPS) is 11.5. The molecular weight excluding hydrogens is 394 g/mol. The van der Waals surface area contributed by atoms with Gasteiger partial charge in [0.1, 0.15) is 0 Å². The van der Waals surface area contributed by atoms with E-state index < -0.39 is 0 Å². The van der Waals surface area contributed by atoms with Crippen molar-refractivity contribution in [2.75, 3.05) is 0 Å². The van der Waals surface area contributed by atoms with Gasteiger partial charge in [0, 0.05) is 10.9 Å². The SMILES string of the molecule is Cc1[nH]n(-c2nc(-c3ccccc3)cs2)c(=O)c1N=Nc1ccc2ccccc2c1. The number of hydrogen-bond acceptors (Lipinski definition) is 5. The highest BCUT2D eigenvalue weighted by Crippen LogP contribution is 2.26. The monoisotopic (exact) mass is 411 g/mol. The molecule has 5 aromatic rings. The molecule has 0 fully saturated rings. The largest absolute Gasteiger partial charge is 0.301 e. The lowest BCUT2D eigenvalue weighted by Crippen LogP contribution is -2.13. The van der Waals surface area contributed by atoms with Gasteiger partial charge in [0.15, 0.2) is 5.69 Å². The Morgan fingerprint density at radius 2 is 1.70 bits per heavy atom. The molecule has 0 spiro atoms. The van der Waals surface area contributed by atoms with Gasteiger partial charge in [0.05, 0.1) is 17.1 Å². The van der Waals surface area contributed by atoms with Crippen molar-refractivity contribution in [2.24, 2.45) is 10.2 Å². The number of H-pyrrole nitrogens is 1. The number of nitrogens with zero attached hydrogens (tertiary/aromatic N) is 4. The first-order valence-electron chi connectivity index (χ1n) is 9.42. The summed E-state index contributed by atoms with van der Waals surface area (Å²) in [6.45, 7) is 1.80. The predicted octanol–water partition coefficient (Wildman–Crippen LogP) is 6.17. The molecular formula is C23H17N5OS. The molecule has 0 saturated heterocycles. The first-order valence-corrected chi connectivity index (χ1v) is 10.3. The van der Waals surface area contributed by atoms with Crippen molar-refractivity contribution in [1.29, 1.82) is 0 Å². The van der Waals surface area contributed by atoms with E-state index in [0.29, 0.717) is 16.5 Å². The number of thiazole rings is 1. The number of aromatic nitrogens is 3. The van der Waals surface area contributed by atoms with Crippen LogP contribution in [0.1, 0.15) is 5.69 Å². The van der Waals surface area contributed by atoms with Gasteiger partial charge >= 0.3 is 5.56 Å². The zero-order chi connectivity index (χ0) is 20.5. The van der Waals surface area contributed by atoms with Crippen molar-refractivity contribution in [1.82, 2.24) is 14.8 Å². The average Bonchev–Trinajstić information content (AvgIpc) is 3.38. The van der Waals surface area contributed by atoms with Crippen LogP contribution >= 0.6 is 11.3 Å². The maximum absolute atomic E-state index is 12.9. The van der Waals surface area contributed by atoms with Gasteiger partial charge in [-0.05, 0) is 29.8 Å². The standard InChI is InChI=1S/C23H17N5OS/c1-15-21(26-25-19-12-11-16-7-5-6-10-18(16)13-19)22(29)28(27-15)23-24-20(14-30-23)17-8-3-2-4-9-17/h2-14,27H,1H3. The first kappa shape index (κ1) is 18.2. The third-order valence-electron chi connectivity index (χ3n) is 4.79. The van der Waals surface area contributed by atoms with Crippen LogP contribution in [0.15, 0.2) is 93.2 Å². The summed E-state index contributed by atoms with van der Waals surface area (Å²) in [5.41, 5.74) is 3.18. The highest BCUT2D eigenvalue weighted by Gasteiger charge is 2.15. The molecule has 0 aliphatic carbocycles. The van der Waals surface area contributed by atoms with Gasteiger partial charge in [-0.1, -0.05) is 60.7 Å². The highest BCUT2D eigenvalue weighted by atomic mass is 32.1. The van der Waals surface area contributed by atoms with Gasteiger partial charge in [0.25, 0.3) is 0 Å². The third kappa shape index (κ3) is 3.35. The van der Waals surface area contributed by atoms with Gasteiger partial charge < -0.3 is 0 Å². The number of benzene rings is 3. The Labute approximate surface area is 176 Å². The second-order valence-electron chi connectivity index (χ2n) is 6.84. The van der Waals surface area contributed by atoms with E-state index in [0.717, 1.165) is 22.0 Å². The third-order valence-corrected chi connectivity index (χ3v) is 5.62. The van der Waals surface area contributed by atoms with Crippen LogP contribution in [-0.4, -0.2) is 14.8 Å². The fraction of sp³-hybridized carbons (Fsp3) is 0.0435. The second kappa shape index (κ2) is 7.53. The lowest BCUT2D eigenvalue weighted by Gasteiger charge is -1.97. The predicted molar refractivity (Wildman–Crippen MR) is 120 cm³/mol.